The molecule has 0 aliphatic carbocycles. The number of hydrogen-bond donors (Lipinski definition) is 1. The van der Waals surface area contributed by atoms with Gasteiger partial charge in [-0.1, -0.05) is 46.3 Å². The first-order chi connectivity index (χ1) is 8.79. The molecule has 1 aromatic heterocycles. The molecule has 1 heterocycles. The van der Waals surface area contributed by atoms with E-state index < -0.39 is 0 Å². The van der Waals surface area contributed by atoms with Crippen LogP contribution in [0.1, 0.15) is 5.56 Å². The van der Waals surface area contributed by atoms with Crippen LogP contribution < -0.4 is 0 Å². The van der Waals surface area contributed by atoms with Gasteiger partial charge >= 0.3 is 0 Å². The molecule has 3 rings (SSSR count). The summed E-state index contributed by atoms with van der Waals surface area (Å²) in [5, 5.41) is 10.3. The van der Waals surface area contributed by atoms with E-state index in [9.17, 15) is 5.26 Å². The van der Waals surface area contributed by atoms with Crippen LogP contribution in [0.2, 0.25) is 0 Å². The third-order valence-corrected chi connectivity index (χ3v) is 3.48. The van der Waals surface area contributed by atoms with E-state index in [1.165, 1.54) is 0 Å². The largest absolute Gasteiger partial charge is 0.353 e. The second-order valence-electron chi connectivity index (χ2n) is 4.04. The van der Waals surface area contributed by atoms with Crippen LogP contribution >= 0.6 is 15.9 Å². The van der Waals surface area contributed by atoms with Crippen molar-refractivity contribution in [3.8, 4) is 17.3 Å². The maximum absolute atomic E-state index is 9.34. The smallest absolute Gasteiger partial charge is 0.102 e. The zero-order valence-electron chi connectivity index (χ0n) is 9.44. The molecule has 0 saturated heterocycles. The normalized spacial score (nSPS) is 10.4. The minimum Gasteiger partial charge on any atom is -0.353 e. The van der Waals surface area contributed by atoms with Crippen molar-refractivity contribution in [2.24, 2.45) is 0 Å². The molecule has 0 aliphatic heterocycles. The lowest BCUT2D eigenvalue weighted by atomic mass is 10.1. The lowest BCUT2D eigenvalue weighted by molar-refractivity contribution is 1.42. The van der Waals surface area contributed by atoms with Gasteiger partial charge in [0, 0.05) is 15.4 Å². The Morgan fingerprint density at radius 3 is 2.44 bits per heavy atom. The van der Waals surface area contributed by atoms with Crippen molar-refractivity contribution in [3.63, 3.8) is 0 Å². The fourth-order valence-electron chi connectivity index (χ4n) is 2.09. The zero-order chi connectivity index (χ0) is 12.5. The fourth-order valence-corrected chi connectivity index (χ4v) is 2.36. The van der Waals surface area contributed by atoms with Crippen LogP contribution in [-0.2, 0) is 0 Å². The Kier molecular flexibility index (Phi) is 2.66. The van der Waals surface area contributed by atoms with Crippen LogP contribution in [0, 0.1) is 11.3 Å². The van der Waals surface area contributed by atoms with Crippen molar-refractivity contribution < 1.29 is 0 Å². The molecule has 0 aliphatic rings. The first kappa shape index (κ1) is 11.1. The standard InChI is InChI=1S/C15H9BrN2/c16-11-7-5-10(6-8-11)15-13(9-17)12-3-1-2-4-14(12)18-15/h1-8,18H. The molecule has 0 unspecified atom stereocenters. The third kappa shape index (κ3) is 1.71. The summed E-state index contributed by atoms with van der Waals surface area (Å²) in [6.45, 7) is 0. The molecule has 0 bridgehead atoms. The number of nitrogens with one attached hydrogen (secondary N) is 1. The Morgan fingerprint density at radius 2 is 1.72 bits per heavy atom. The monoisotopic (exact) mass is 296 g/mol. The highest BCUT2D eigenvalue weighted by Crippen LogP contribution is 2.30. The lowest BCUT2D eigenvalue weighted by Gasteiger charge is -1.99. The number of aromatic nitrogens is 1. The summed E-state index contributed by atoms with van der Waals surface area (Å²) < 4.78 is 1.03. The van der Waals surface area contributed by atoms with Crippen molar-refractivity contribution >= 4 is 26.8 Å². The van der Waals surface area contributed by atoms with Gasteiger partial charge < -0.3 is 4.98 Å². The maximum Gasteiger partial charge on any atom is 0.102 e. The number of fused-ring (bicyclic) bond motifs is 1. The van der Waals surface area contributed by atoms with Crippen molar-refractivity contribution in [3.05, 3.63) is 58.6 Å². The van der Waals surface area contributed by atoms with E-state index in [-0.39, 0.29) is 0 Å². The van der Waals surface area contributed by atoms with Gasteiger partial charge in [0.2, 0.25) is 0 Å². The van der Waals surface area contributed by atoms with E-state index in [0.717, 1.165) is 26.6 Å². The Labute approximate surface area is 113 Å². The molecule has 86 valence electrons. The summed E-state index contributed by atoms with van der Waals surface area (Å²) in [6, 6.07) is 18.1. The highest BCUT2D eigenvalue weighted by Gasteiger charge is 2.11. The van der Waals surface area contributed by atoms with Gasteiger partial charge in [0.15, 0.2) is 0 Å². The number of para-hydroxylation sites is 1. The molecule has 2 aromatic carbocycles. The number of aromatic amines is 1. The molecule has 0 fully saturated rings. The van der Waals surface area contributed by atoms with E-state index >= 15 is 0 Å². The molecular formula is C15H9BrN2. The minimum absolute atomic E-state index is 0.702. The molecule has 2 nitrogen and oxygen atoms in total. The summed E-state index contributed by atoms with van der Waals surface area (Å²) in [6.07, 6.45) is 0. The van der Waals surface area contributed by atoms with E-state index in [1.807, 2.05) is 48.5 Å². The Balaban J connectivity index is 2.29. The van der Waals surface area contributed by atoms with Crippen LogP contribution in [-0.4, -0.2) is 4.98 Å². The second kappa shape index (κ2) is 4.32. The first-order valence-electron chi connectivity index (χ1n) is 5.56. The predicted octanol–water partition coefficient (Wildman–Crippen LogP) is 4.47. The van der Waals surface area contributed by atoms with Crippen molar-refractivity contribution in [2.45, 2.75) is 0 Å². The quantitative estimate of drug-likeness (QED) is 0.707. The second-order valence-corrected chi connectivity index (χ2v) is 4.95. The van der Waals surface area contributed by atoms with Crippen LogP contribution in [0.25, 0.3) is 22.2 Å². The van der Waals surface area contributed by atoms with Gasteiger partial charge in [0.05, 0.1) is 11.3 Å². The number of nitrogens with zero attached hydrogens (tertiary/aromatic N) is 1. The highest BCUT2D eigenvalue weighted by molar-refractivity contribution is 9.10. The van der Waals surface area contributed by atoms with Gasteiger partial charge in [-0.05, 0) is 23.8 Å². The molecular weight excluding hydrogens is 288 g/mol. The minimum atomic E-state index is 0.702. The summed E-state index contributed by atoms with van der Waals surface area (Å²) in [4.78, 5) is 3.31. The molecule has 0 amide bonds. The van der Waals surface area contributed by atoms with Crippen molar-refractivity contribution in [1.29, 1.82) is 5.26 Å². The molecule has 0 spiro atoms. The summed E-state index contributed by atoms with van der Waals surface area (Å²) in [5.41, 5.74) is 3.59. The highest BCUT2D eigenvalue weighted by atomic mass is 79.9. The van der Waals surface area contributed by atoms with Gasteiger partial charge in [-0.2, -0.15) is 5.26 Å². The Morgan fingerprint density at radius 1 is 1.00 bits per heavy atom. The Bertz CT molecular complexity index is 748. The number of rotatable bonds is 1. The number of benzene rings is 2. The molecule has 3 heteroatoms. The van der Waals surface area contributed by atoms with Crippen molar-refractivity contribution in [1.82, 2.24) is 4.98 Å². The van der Waals surface area contributed by atoms with Gasteiger partial charge in [-0.25, -0.2) is 0 Å². The topological polar surface area (TPSA) is 39.6 Å². The molecule has 3 aromatic rings. The molecule has 0 atom stereocenters. The van der Waals surface area contributed by atoms with Crippen LogP contribution in [0.15, 0.2) is 53.0 Å². The molecule has 0 saturated carbocycles. The first-order valence-corrected chi connectivity index (χ1v) is 6.35. The average molecular weight is 297 g/mol. The van der Waals surface area contributed by atoms with Gasteiger partial charge in [0.25, 0.3) is 0 Å². The number of nitriles is 1. The van der Waals surface area contributed by atoms with Gasteiger partial charge in [-0.3, -0.25) is 0 Å². The third-order valence-electron chi connectivity index (χ3n) is 2.95. The van der Waals surface area contributed by atoms with Crippen LogP contribution in [0.3, 0.4) is 0 Å². The van der Waals surface area contributed by atoms with Crippen LogP contribution in [0.4, 0.5) is 0 Å². The summed E-state index contributed by atoms with van der Waals surface area (Å²) in [5.74, 6) is 0. The van der Waals surface area contributed by atoms with E-state index in [1.54, 1.807) is 0 Å². The Hall–Kier alpha value is -2.05. The SMILES string of the molecule is N#Cc1c(-c2ccc(Br)cc2)[nH]c2ccccc12. The zero-order valence-corrected chi connectivity index (χ0v) is 11.0. The predicted molar refractivity (Wildman–Crippen MR) is 76.1 cm³/mol. The van der Waals surface area contributed by atoms with Gasteiger partial charge in [-0.15, -0.1) is 0 Å². The molecule has 18 heavy (non-hydrogen) atoms. The summed E-state index contributed by atoms with van der Waals surface area (Å²) >= 11 is 3.41. The van der Waals surface area contributed by atoms with E-state index in [2.05, 4.69) is 27.0 Å². The van der Waals surface area contributed by atoms with Crippen LogP contribution in [0.5, 0.6) is 0 Å². The molecule has 1 N–H and O–H groups in total. The average Bonchev–Trinajstić information content (AvgIpc) is 2.78. The van der Waals surface area contributed by atoms with E-state index in [0.29, 0.717) is 5.56 Å². The van der Waals surface area contributed by atoms with Gasteiger partial charge in [0.1, 0.15) is 6.07 Å². The molecule has 0 radical (unpaired) electrons. The number of hydrogen-bond acceptors (Lipinski definition) is 1. The van der Waals surface area contributed by atoms with Crippen molar-refractivity contribution in [2.75, 3.05) is 0 Å². The fraction of sp³-hybridized carbons (Fsp3) is 0. The summed E-state index contributed by atoms with van der Waals surface area (Å²) in [7, 11) is 0. The maximum atomic E-state index is 9.34. The number of H-pyrrole nitrogens is 1. The number of halogens is 1. The lowest BCUT2D eigenvalue weighted by Crippen LogP contribution is -1.81. The van der Waals surface area contributed by atoms with E-state index in [4.69, 9.17) is 0 Å².